The van der Waals surface area contributed by atoms with E-state index < -0.39 is 29.8 Å². The minimum absolute atomic E-state index is 0.113. The monoisotopic (exact) mass is 686 g/mol. The minimum atomic E-state index is -1.44. The summed E-state index contributed by atoms with van der Waals surface area (Å²) < 4.78 is 37.0. The van der Waals surface area contributed by atoms with Gasteiger partial charge < -0.3 is 24.8 Å². The molecule has 13 heteroatoms. The second-order valence-electron chi connectivity index (χ2n) is 11.7. The van der Waals surface area contributed by atoms with Crippen molar-refractivity contribution in [2.24, 2.45) is 0 Å². The van der Waals surface area contributed by atoms with Gasteiger partial charge in [-0.2, -0.15) is 0 Å². The van der Waals surface area contributed by atoms with Crippen LogP contribution in [0.4, 0.5) is 20.4 Å². The SMILES string of the molecule is COCCNc1ncc(-c2ccc3c(c2)c(C(C)=O)cn3CC(=O)N2C[C@H](F)C[C@H]2C(=O)Nc2cccc(-c3ccccc3Cl)c2F)cn1. The Morgan fingerprint density at radius 2 is 1.78 bits per heavy atom. The molecule has 0 spiro atoms. The molecular weight excluding hydrogens is 654 g/mol. The van der Waals surface area contributed by atoms with Crippen LogP contribution in [0.15, 0.2) is 79.3 Å². The molecule has 6 rings (SSSR count). The molecule has 2 N–H and O–H groups in total. The lowest BCUT2D eigenvalue weighted by Gasteiger charge is -2.24. The summed E-state index contributed by atoms with van der Waals surface area (Å²) in [6.45, 7) is 1.96. The zero-order valence-corrected chi connectivity index (χ0v) is 27.5. The van der Waals surface area contributed by atoms with Crippen LogP contribution < -0.4 is 10.6 Å². The van der Waals surface area contributed by atoms with Gasteiger partial charge in [-0.05, 0) is 36.8 Å². The van der Waals surface area contributed by atoms with Gasteiger partial charge in [0.25, 0.3) is 0 Å². The zero-order valence-electron chi connectivity index (χ0n) is 26.8. The molecule has 0 saturated carbocycles. The third-order valence-corrected chi connectivity index (χ3v) is 8.76. The molecular formula is C36H33ClF2N6O4. The van der Waals surface area contributed by atoms with Crippen LogP contribution in [0.25, 0.3) is 33.2 Å². The number of ketones is 1. The van der Waals surface area contributed by atoms with E-state index in [-0.39, 0.29) is 36.5 Å². The highest BCUT2D eigenvalue weighted by Crippen LogP contribution is 2.34. The number of Topliss-reactive ketones (excluding diaryl/α,β-unsaturated/α-hetero) is 1. The molecule has 2 atom stereocenters. The van der Waals surface area contributed by atoms with Crippen LogP contribution in [0.2, 0.25) is 5.02 Å². The number of hydrogen-bond acceptors (Lipinski definition) is 7. The maximum Gasteiger partial charge on any atom is 0.247 e. The Kier molecular flexibility index (Phi) is 9.97. The van der Waals surface area contributed by atoms with Crippen molar-refractivity contribution in [3.8, 4) is 22.3 Å². The Bertz CT molecular complexity index is 2040. The molecule has 0 aliphatic carbocycles. The highest BCUT2D eigenvalue weighted by atomic mass is 35.5. The maximum absolute atomic E-state index is 15.6. The molecule has 0 radical (unpaired) electrons. The van der Waals surface area contributed by atoms with Crippen molar-refractivity contribution in [1.82, 2.24) is 19.4 Å². The summed E-state index contributed by atoms with van der Waals surface area (Å²) in [6, 6.07) is 15.5. The predicted octanol–water partition coefficient (Wildman–Crippen LogP) is 6.40. The molecule has 3 aromatic carbocycles. The molecule has 5 aromatic rings. The predicted molar refractivity (Wildman–Crippen MR) is 184 cm³/mol. The topological polar surface area (TPSA) is 118 Å². The first-order valence-electron chi connectivity index (χ1n) is 15.6. The highest BCUT2D eigenvalue weighted by Gasteiger charge is 2.40. The van der Waals surface area contributed by atoms with Gasteiger partial charge in [0.1, 0.15) is 18.8 Å². The maximum atomic E-state index is 15.6. The molecule has 1 fully saturated rings. The standard InChI is InChI=1S/C36H33ClF2N6O4/c1-21(46)28-19-44(31-11-10-22(14-27(28)31)23-16-41-36(42-17-23)40-12-13-49-2)20-33(47)45-18-24(38)15-32(45)35(48)43-30-9-5-7-26(34(30)39)25-6-3-4-8-29(25)37/h3-11,14,16-17,19,24,32H,12-13,15,18,20H2,1-2H3,(H,43,48)(H,40,41,42)/t24-,32+/m1/s1. The number of aromatic nitrogens is 3. The fourth-order valence-electron chi connectivity index (χ4n) is 6.00. The Hall–Kier alpha value is -5.20. The summed E-state index contributed by atoms with van der Waals surface area (Å²) in [4.78, 5) is 49.6. The van der Waals surface area contributed by atoms with Gasteiger partial charge in [0.05, 0.1) is 18.8 Å². The van der Waals surface area contributed by atoms with Gasteiger partial charge in [-0.25, -0.2) is 18.7 Å². The van der Waals surface area contributed by atoms with Crippen molar-refractivity contribution >= 4 is 51.7 Å². The number of amides is 2. The summed E-state index contributed by atoms with van der Waals surface area (Å²) >= 11 is 6.27. The molecule has 49 heavy (non-hydrogen) atoms. The van der Waals surface area contributed by atoms with Crippen LogP contribution in [0, 0.1) is 5.82 Å². The van der Waals surface area contributed by atoms with Crippen molar-refractivity contribution in [1.29, 1.82) is 0 Å². The number of nitrogens with one attached hydrogen (secondary N) is 2. The van der Waals surface area contributed by atoms with E-state index in [1.165, 1.54) is 17.9 Å². The number of methoxy groups -OCH3 is 1. The summed E-state index contributed by atoms with van der Waals surface area (Å²) in [5.41, 5.74) is 3.03. The van der Waals surface area contributed by atoms with E-state index in [9.17, 15) is 18.8 Å². The quantitative estimate of drug-likeness (QED) is 0.122. The fraction of sp³-hybridized carbons (Fsp3) is 0.250. The van der Waals surface area contributed by atoms with Crippen LogP contribution in [-0.2, 0) is 20.9 Å². The number of anilines is 2. The second kappa shape index (κ2) is 14.5. The number of likely N-dealkylation sites (tertiary alicyclic amines) is 1. The number of carbonyl (C=O) groups is 3. The van der Waals surface area contributed by atoms with Gasteiger partial charge in [-0.1, -0.05) is 48.0 Å². The van der Waals surface area contributed by atoms with Crippen molar-refractivity contribution in [3.05, 3.63) is 95.7 Å². The third kappa shape index (κ3) is 7.15. The van der Waals surface area contributed by atoms with Crippen LogP contribution >= 0.6 is 11.6 Å². The Morgan fingerprint density at radius 1 is 1.02 bits per heavy atom. The van der Waals surface area contributed by atoms with Gasteiger partial charge in [0.2, 0.25) is 17.8 Å². The third-order valence-electron chi connectivity index (χ3n) is 8.43. The van der Waals surface area contributed by atoms with Crippen LogP contribution in [-0.4, -0.2) is 76.1 Å². The molecule has 0 bridgehead atoms. The normalized spacial score (nSPS) is 15.8. The van der Waals surface area contributed by atoms with E-state index in [0.29, 0.717) is 46.2 Å². The molecule has 3 heterocycles. The second-order valence-corrected chi connectivity index (χ2v) is 12.1. The number of rotatable bonds is 11. The van der Waals surface area contributed by atoms with Crippen LogP contribution in [0.1, 0.15) is 23.7 Å². The van der Waals surface area contributed by atoms with Crippen LogP contribution in [0.3, 0.4) is 0 Å². The van der Waals surface area contributed by atoms with Crippen molar-refractivity contribution < 1.29 is 27.9 Å². The van der Waals surface area contributed by atoms with E-state index in [1.54, 1.807) is 72.7 Å². The largest absolute Gasteiger partial charge is 0.383 e. The molecule has 2 amide bonds. The van der Waals surface area contributed by atoms with E-state index >= 15 is 4.39 Å². The Balaban J connectivity index is 1.21. The fourth-order valence-corrected chi connectivity index (χ4v) is 6.24. The van der Waals surface area contributed by atoms with Gasteiger partial charge >= 0.3 is 0 Å². The van der Waals surface area contributed by atoms with Gasteiger partial charge in [0, 0.05) is 76.8 Å². The first kappa shape index (κ1) is 33.7. The Labute approximate surface area is 286 Å². The molecule has 10 nitrogen and oxygen atoms in total. The highest BCUT2D eigenvalue weighted by molar-refractivity contribution is 6.33. The summed E-state index contributed by atoms with van der Waals surface area (Å²) in [5, 5.41) is 6.57. The average molecular weight is 687 g/mol. The summed E-state index contributed by atoms with van der Waals surface area (Å²) in [6.07, 6.45) is 3.24. The smallest absolute Gasteiger partial charge is 0.247 e. The van der Waals surface area contributed by atoms with Gasteiger partial charge in [0.15, 0.2) is 11.6 Å². The molecule has 2 aromatic heterocycles. The van der Waals surface area contributed by atoms with E-state index in [4.69, 9.17) is 16.3 Å². The van der Waals surface area contributed by atoms with E-state index in [0.717, 1.165) is 11.1 Å². The van der Waals surface area contributed by atoms with E-state index in [1.807, 2.05) is 12.1 Å². The lowest BCUT2D eigenvalue weighted by Crippen LogP contribution is -2.44. The van der Waals surface area contributed by atoms with Gasteiger partial charge in [-0.3, -0.25) is 14.4 Å². The zero-order chi connectivity index (χ0) is 34.7. The van der Waals surface area contributed by atoms with Crippen LogP contribution in [0.5, 0.6) is 0 Å². The minimum Gasteiger partial charge on any atom is -0.383 e. The molecule has 1 aliphatic rings. The number of hydrogen-bond donors (Lipinski definition) is 2. The number of benzene rings is 3. The lowest BCUT2D eigenvalue weighted by atomic mass is 10.0. The number of nitrogens with zero attached hydrogens (tertiary/aromatic N) is 4. The average Bonchev–Trinajstić information content (AvgIpc) is 3.67. The van der Waals surface area contributed by atoms with E-state index in [2.05, 4.69) is 20.6 Å². The number of halogens is 3. The van der Waals surface area contributed by atoms with Crippen molar-refractivity contribution in [3.63, 3.8) is 0 Å². The molecule has 0 unspecified atom stereocenters. The number of fused-ring (bicyclic) bond motifs is 1. The number of carbonyl (C=O) groups excluding carboxylic acids is 3. The summed E-state index contributed by atoms with van der Waals surface area (Å²) in [7, 11) is 1.61. The van der Waals surface area contributed by atoms with Crippen molar-refractivity contribution in [2.45, 2.75) is 32.1 Å². The first-order chi connectivity index (χ1) is 23.6. The first-order valence-corrected chi connectivity index (χ1v) is 16.0. The lowest BCUT2D eigenvalue weighted by molar-refractivity contribution is -0.137. The van der Waals surface area contributed by atoms with Gasteiger partial charge in [-0.15, -0.1) is 0 Å². The molecule has 1 aliphatic heterocycles. The molecule has 252 valence electrons. The summed E-state index contributed by atoms with van der Waals surface area (Å²) in [5.74, 6) is -1.68. The Morgan fingerprint density at radius 3 is 2.51 bits per heavy atom. The number of ether oxygens (including phenoxy) is 1. The van der Waals surface area contributed by atoms with Crippen molar-refractivity contribution in [2.75, 3.05) is 37.4 Å². The number of alkyl halides is 1. The molecule has 1 saturated heterocycles.